The van der Waals surface area contributed by atoms with Gasteiger partial charge in [0.25, 0.3) is 5.16 Å². The van der Waals surface area contributed by atoms with Gasteiger partial charge < -0.3 is 25.0 Å². The van der Waals surface area contributed by atoms with Crippen molar-refractivity contribution >= 4 is 62.6 Å². The predicted octanol–water partition coefficient (Wildman–Crippen LogP) is 3.37. The Morgan fingerprint density at radius 3 is 2.67 bits per heavy atom. The van der Waals surface area contributed by atoms with Crippen molar-refractivity contribution in [2.75, 3.05) is 24.7 Å². The number of nitrogens with one attached hydrogen (secondary N) is 2. The molecule has 0 bridgehead atoms. The lowest BCUT2D eigenvalue weighted by Crippen LogP contribution is -2.23. The second-order valence-electron chi connectivity index (χ2n) is 10.3. The van der Waals surface area contributed by atoms with Crippen LogP contribution in [0, 0.1) is 0 Å². The highest BCUT2D eigenvalue weighted by molar-refractivity contribution is 9.10. The number of halogens is 1. The van der Waals surface area contributed by atoms with Crippen LogP contribution in [0.4, 0.5) is 10.7 Å². The van der Waals surface area contributed by atoms with E-state index in [2.05, 4.69) is 61.3 Å². The summed E-state index contributed by atoms with van der Waals surface area (Å²) >= 11 is 3.35. The molecule has 4 aromatic rings. The van der Waals surface area contributed by atoms with Crippen molar-refractivity contribution in [3.63, 3.8) is 0 Å². The van der Waals surface area contributed by atoms with Crippen LogP contribution in [0.2, 0.25) is 25.7 Å². The molecule has 3 aromatic heterocycles. The second kappa shape index (κ2) is 11.6. The monoisotopic (exact) mass is 638 g/mol. The number of rotatable bonds is 12. The van der Waals surface area contributed by atoms with Crippen LogP contribution in [0.5, 0.6) is 0 Å². The lowest BCUT2D eigenvalue weighted by Gasteiger charge is -2.16. The maximum Gasteiger partial charge on any atom is 0.404 e. The summed E-state index contributed by atoms with van der Waals surface area (Å²) < 4.78 is 34.4. The van der Waals surface area contributed by atoms with Crippen molar-refractivity contribution in [3.8, 4) is 0 Å². The zero-order valence-electron chi connectivity index (χ0n) is 22.1. The highest BCUT2D eigenvalue weighted by atomic mass is 79.9. The number of anilines is 1. The number of sulfone groups is 1. The van der Waals surface area contributed by atoms with E-state index in [1.54, 1.807) is 0 Å². The smallest absolute Gasteiger partial charge is 0.404 e. The molecular formula is C23H31BrN8O5SSi. The molecule has 0 radical (unpaired) electrons. The van der Waals surface area contributed by atoms with Gasteiger partial charge in [0, 0.05) is 27.5 Å². The Morgan fingerprint density at radius 2 is 1.97 bits per heavy atom. The van der Waals surface area contributed by atoms with E-state index in [1.807, 2.05) is 22.8 Å². The number of hydrogen-bond acceptors (Lipinski definition) is 9. The second-order valence-corrected chi connectivity index (χ2v) is 18.7. The van der Waals surface area contributed by atoms with E-state index in [1.165, 1.54) is 10.7 Å². The molecule has 1 amide bonds. The average Bonchev–Trinajstić information content (AvgIpc) is 3.38. The van der Waals surface area contributed by atoms with Crippen molar-refractivity contribution in [1.29, 1.82) is 0 Å². The highest BCUT2D eigenvalue weighted by Gasteiger charge is 2.20. The Hall–Kier alpha value is -3.08. The molecule has 39 heavy (non-hydrogen) atoms. The molecule has 0 aliphatic carbocycles. The number of ether oxygens (including phenoxy) is 1. The molecule has 0 unspecified atom stereocenters. The Morgan fingerprint density at radius 1 is 1.21 bits per heavy atom. The van der Waals surface area contributed by atoms with Crippen LogP contribution in [0.15, 0.2) is 34.0 Å². The zero-order chi connectivity index (χ0) is 28.4. The van der Waals surface area contributed by atoms with Crippen LogP contribution in [-0.2, 0) is 34.3 Å². The molecular weight excluding hydrogens is 608 g/mol. The SMILES string of the molecule is C[Si](C)(C)CCOCn1c(CNc2nc(S(C)(=O)=O)nc3c(Br)cnn23)nc2cc(CCNC(=O)O)ccc21. The first-order valence-electron chi connectivity index (χ1n) is 12.2. The summed E-state index contributed by atoms with van der Waals surface area (Å²) in [6, 6.07) is 6.83. The number of hydrogen-bond donors (Lipinski definition) is 3. The summed E-state index contributed by atoms with van der Waals surface area (Å²) in [6.07, 6.45) is 2.03. The van der Waals surface area contributed by atoms with Crippen molar-refractivity contribution < 1.29 is 23.1 Å². The molecule has 0 spiro atoms. The predicted molar refractivity (Wildman–Crippen MR) is 152 cm³/mol. The van der Waals surface area contributed by atoms with Crippen molar-refractivity contribution in [3.05, 3.63) is 40.3 Å². The van der Waals surface area contributed by atoms with E-state index in [-0.39, 0.29) is 17.6 Å². The van der Waals surface area contributed by atoms with Gasteiger partial charge in [0.1, 0.15) is 12.6 Å². The molecule has 0 fully saturated rings. The topological polar surface area (TPSA) is 166 Å². The largest absolute Gasteiger partial charge is 0.465 e. The minimum absolute atomic E-state index is 0.199. The van der Waals surface area contributed by atoms with E-state index in [4.69, 9.17) is 14.8 Å². The lowest BCUT2D eigenvalue weighted by atomic mass is 10.1. The molecule has 210 valence electrons. The summed E-state index contributed by atoms with van der Waals surface area (Å²) in [7, 11) is -4.94. The molecule has 1 aromatic carbocycles. The Labute approximate surface area is 235 Å². The number of carboxylic acid groups (broad SMARTS) is 1. The summed E-state index contributed by atoms with van der Waals surface area (Å²) in [4.78, 5) is 23.9. The maximum atomic E-state index is 12.2. The Balaban J connectivity index is 1.64. The van der Waals surface area contributed by atoms with Crippen molar-refractivity contribution in [2.24, 2.45) is 0 Å². The fraction of sp³-hybridized carbons (Fsp3) is 0.435. The summed E-state index contributed by atoms with van der Waals surface area (Å²) in [5.41, 5.74) is 2.86. The molecule has 4 rings (SSSR count). The number of benzene rings is 1. The van der Waals surface area contributed by atoms with Crippen LogP contribution in [0.3, 0.4) is 0 Å². The molecule has 0 aliphatic heterocycles. The van der Waals surface area contributed by atoms with Gasteiger partial charge in [-0.25, -0.2) is 18.2 Å². The first kappa shape index (κ1) is 28.9. The molecule has 3 N–H and O–H groups in total. The Bertz CT molecular complexity index is 1620. The molecule has 16 heteroatoms. The molecule has 3 heterocycles. The number of aromatic nitrogens is 6. The summed E-state index contributed by atoms with van der Waals surface area (Å²) in [5, 5.41) is 18.3. The van der Waals surface area contributed by atoms with E-state index < -0.39 is 24.0 Å². The van der Waals surface area contributed by atoms with Gasteiger partial charge >= 0.3 is 6.09 Å². The van der Waals surface area contributed by atoms with E-state index in [0.717, 1.165) is 28.9 Å². The van der Waals surface area contributed by atoms with Gasteiger partial charge in [0.15, 0.2) is 5.65 Å². The van der Waals surface area contributed by atoms with Crippen LogP contribution in [0.25, 0.3) is 16.7 Å². The van der Waals surface area contributed by atoms with Crippen LogP contribution in [-0.4, -0.2) is 76.2 Å². The third-order valence-corrected chi connectivity index (χ3v) is 8.95. The standard InChI is InChI=1S/C23H31BrN8O5SSi/c1-38(35,36)22-29-20-16(24)12-27-32(20)21(30-22)26-13-19-28-17-11-15(7-8-25-23(33)34)5-6-18(17)31(19)14-37-9-10-39(2,3)4/h5-6,11-12,25H,7-10,13-14H2,1-4H3,(H,33,34)(H,26,29,30). The maximum absolute atomic E-state index is 12.2. The number of fused-ring (bicyclic) bond motifs is 2. The molecule has 0 saturated carbocycles. The van der Waals surface area contributed by atoms with E-state index in [9.17, 15) is 13.2 Å². The van der Waals surface area contributed by atoms with Crippen LogP contribution >= 0.6 is 15.9 Å². The average molecular weight is 640 g/mol. The van der Waals surface area contributed by atoms with E-state index >= 15 is 0 Å². The van der Waals surface area contributed by atoms with E-state index in [0.29, 0.717) is 42.2 Å². The van der Waals surface area contributed by atoms with Gasteiger partial charge in [-0.3, -0.25) is 0 Å². The summed E-state index contributed by atoms with van der Waals surface area (Å²) in [6.45, 7) is 8.29. The Kier molecular flexibility index (Phi) is 8.58. The van der Waals surface area contributed by atoms with Crippen LogP contribution in [0.1, 0.15) is 11.4 Å². The minimum atomic E-state index is -3.67. The molecule has 0 saturated heterocycles. The van der Waals surface area contributed by atoms with Gasteiger partial charge in [0.05, 0.1) is 28.2 Å². The van der Waals surface area contributed by atoms with Crippen LogP contribution < -0.4 is 10.6 Å². The molecule has 0 atom stereocenters. The molecule has 0 aliphatic rings. The number of imidazole rings is 1. The summed E-state index contributed by atoms with van der Waals surface area (Å²) in [5.74, 6) is 0.850. The van der Waals surface area contributed by atoms with Gasteiger partial charge in [0.2, 0.25) is 15.8 Å². The third kappa shape index (κ3) is 7.31. The minimum Gasteiger partial charge on any atom is -0.465 e. The first-order valence-corrected chi connectivity index (χ1v) is 18.6. The number of amides is 1. The van der Waals surface area contributed by atoms with Gasteiger partial charge in [-0.05, 0) is 46.1 Å². The lowest BCUT2D eigenvalue weighted by molar-refractivity contribution is 0.0880. The van der Waals surface area contributed by atoms with Gasteiger partial charge in [-0.2, -0.15) is 19.6 Å². The van der Waals surface area contributed by atoms with Gasteiger partial charge in [-0.15, -0.1) is 0 Å². The first-order chi connectivity index (χ1) is 18.3. The fourth-order valence-electron chi connectivity index (χ4n) is 3.78. The molecule has 13 nitrogen and oxygen atoms in total. The number of nitrogens with zero attached hydrogens (tertiary/aromatic N) is 6. The quantitative estimate of drug-likeness (QED) is 0.155. The normalized spacial score (nSPS) is 12.3. The third-order valence-electron chi connectivity index (χ3n) is 5.84. The van der Waals surface area contributed by atoms with Crippen molar-refractivity contribution in [1.82, 2.24) is 34.4 Å². The van der Waals surface area contributed by atoms with Gasteiger partial charge in [-0.1, -0.05) is 25.7 Å². The highest BCUT2D eigenvalue weighted by Crippen LogP contribution is 2.22. The zero-order valence-corrected chi connectivity index (χ0v) is 25.5. The number of carbonyl (C=O) groups is 1. The van der Waals surface area contributed by atoms with Crippen molar-refractivity contribution in [2.45, 2.75) is 50.5 Å². The fourth-order valence-corrected chi connectivity index (χ4v) is 5.39.